The van der Waals surface area contributed by atoms with Gasteiger partial charge >= 0.3 is 6.61 Å². The van der Waals surface area contributed by atoms with Crippen molar-refractivity contribution in [1.82, 2.24) is 15.5 Å². The molecule has 2 N–H and O–H groups in total. The van der Waals surface area contributed by atoms with Crippen LogP contribution in [0, 0.1) is 0 Å². The van der Waals surface area contributed by atoms with Crippen LogP contribution in [0.4, 0.5) is 8.78 Å². The third-order valence-electron chi connectivity index (χ3n) is 4.83. The standard InChI is InChI=1S/C19H28F2N4O3/c1-22-19(23-6-2-3-7-25-8-4-5-9-25)24-12-14-10-16-17(27-13-26-16)11-15(14)28-18(20)21/h10-11,18H,2-9,12-13H2,1H3,(H2,22,23,24). The molecule has 2 heterocycles. The highest BCUT2D eigenvalue weighted by Gasteiger charge is 2.20. The van der Waals surface area contributed by atoms with Gasteiger partial charge in [0.2, 0.25) is 6.79 Å². The second kappa shape index (κ2) is 10.3. The summed E-state index contributed by atoms with van der Waals surface area (Å²) in [5, 5.41) is 6.38. The third-order valence-corrected chi connectivity index (χ3v) is 4.83. The molecule has 2 aliphatic heterocycles. The summed E-state index contributed by atoms with van der Waals surface area (Å²) in [4.78, 5) is 6.68. The maximum absolute atomic E-state index is 12.7. The number of hydrogen-bond acceptors (Lipinski definition) is 5. The van der Waals surface area contributed by atoms with E-state index in [9.17, 15) is 8.78 Å². The smallest absolute Gasteiger partial charge is 0.387 e. The third kappa shape index (κ3) is 5.85. The van der Waals surface area contributed by atoms with Crippen molar-refractivity contribution in [3.63, 3.8) is 0 Å². The Labute approximate surface area is 164 Å². The van der Waals surface area contributed by atoms with Gasteiger partial charge in [0, 0.05) is 31.8 Å². The highest BCUT2D eigenvalue weighted by molar-refractivity contribution is 5.79. The van der Waals surface area contributed by atoms with Gasteiger partial charge in [0.05, 0.1) is 0 Å². The molecule has 9 heteroatoms. The molecule has 0 aliphatic carbocycles. The van der Waals surface area contributed by atoms with Crippen molar-refractivity contribution < 1.29 is 23.0 Å². The first-order valence-electron chi connectivity index (χ1n) is 9.70. The monoisotopic (exact) mass is 398 g/mol. The predicted molar refractivity (Wildman–Crippen MR) is 102 cm³/mol. The van der Waals surface area contributed by atoms with E-state index in [0.29, 0.717) is 23.0 Å². The van der Waals surface area contributed by atoms with E-state index in [1.54, 1.807) is 13.1 Å². The Hall–Kier alpha value is -2.29. The molecule has 0 atom stereocenters. The lowest BCUT2D eigenvalue weighted by Crippen LogP contribution is -2.37. The number of unbranched alkanes of at least 4 members (excludes halogenated alkanes) is 1. The first-order valence-corrected chi connectivity index (χ1v) is 9.70. The van der Waals surface area contributed by atoms with Crippen LogP contribution in [0.25, 0.3) is 0 Å². The fourth-order valence-corrected chi connectivity index (χ4v) is 3.38. The number of guanidine groups is 1. The topological polar surface area (TPSA) is 67.4 Å². The van der Waals surface area contributed by atoms with Crippen molar-refractivity contribution in [3.05, 3.63) is 17.7 Å². The molecule has 0 bridgehead atoms. The maximum atomic E-state index is 12.7. The quantitative estimate of drug-likeness (QED) is 0.379. The molecule has 1 fully saturated rings. The summed E-state index contributed by atoms with van der Waals surface area (Å²) in [6, 6.07) is 3.08. The molecular weight excluding hydrogens is 370 g/mol. The lowest BCUT2D eigenvalue weighted by molar-refractivity contribution is -0.0505. The molecular formula is C19H28F2N4O3. The van der Waals surface area contributed by atoms with E-state index in [2.05, 4.69) is 25.3 Å². The number of benzene rings is 1. The van der Waals surface area contributed by atoms with Crippen LogP contribution in [0.1, 0.15) is 31.2 Å². The Morgan fingerprint density at radius 1 is 1.18 bits per heavy atom. The number of nitrogens with zero attached hydrogens (tertiary/aromatic N) is 2. The van der Waals surface area contributed by atoms with Crippen molar-refractivity contribution in [2.45, 2.75) is 38.8 Å². The largest absolute Gasteiger partial charge is 0.454 e. The Morgan fingerprint density at radius 3 is 2.64 bits per heavy atom. The van der Waals surface area contributed by atoms with Crippen LogP contribution < -0.4 is 24.8 Å². The van der Waals surface area contributed by atoms with Gasteiger partial charge in [-0.1, -0.05) is 0 Å². The number of fused-ring (bicyclic) bond motifs is 1. The van der Waals surface area contributed by atoms with E-state index in [1.807, 2.05) is 0 Å². The van der Waals surface area contributed by atoms with Crippen LogP contribution in [-0.4, -0.2) is 57.5 Å². The Kier molecular flexibility index (Phi) is 7.53. The van der Waals surface area contributed by atoms with E-state index in [4.69, 9.17) is 9.47 Å². The van der Waals surface area contributed by atoms with E-state index < -0.39 is 6.61 Å². The van der Waals surface area contributed by atoms with Crippen molar-refractivity contribution in [3.8, 4) is 17.2 Å². The fraction of sp³-hybridized carbons (Fsp3) is 0.632. The highest BCUT2D eigenvalue weighted by Crippen LogP contribution is 2.38. The van der Waals surface area contributed by atoms with Crippen LogP contribution in [0.5, 0.6) is 17.2 Å². The first-order chi connectivity index (χ1) is 13.7. The van der Waals surface area contributed by atoms with E-state index in [-0.39, 0.29) is 19.1 Å². The van der Waals surface area contributed by atoms with Gasteiger partial charge in [0.25, 0.3) is 0 Å². The van der Waals surface area contributed by atoms with Crippen LogP contribution in [0.3, 0.4) is 0 Å². The van der Waals surface area contributed by atoms with Crippen molar-refractivity contribution in [2.24, 2.45) is 4.99 Å². The summed E-state index contributed by atoms with van der Waals surface area (Å²) in [6.45, 7) is 1.80. The molecule has 0 unspecified atom stereocenters. The van der Waals surface area contributed by atoms with Gasteiger partial charge in [-0.3, -0.25) is 4.99 Å². The number of rotatable bonds is 9. The second-order valence-electron chi connectivity index (χ2n) is 6.80. The predicted octanol–water partition coefficient (Wildman–Crippen LogP) is 2.56. The molecule has 1 saturated heterocycles. The average Bonchev–Trinajstić information content (AvgIpc) is 3.34. The number of alkyl halides is 2. The van der Waals surface area contributed by atoms with E-state index >= 15 is 0 Å². The summed E-state index contributed by atoms with van der Waals surface area (Å²) >= 11 is 0. The molecule has 0 radical (unpaired) electrons. The zero-order valence-corrected chi connectivity index (χ0v) is 16.2. The molecule has 28 heavy (non-hydrogen) atoms. The number of aliphatic imine (C=N–C) groups is 1. The molecule has 0 saturated carbocycles. The lowest BCUT2D eigenvalue weighted by atomic mass is 10.1. The lowest BCUT2D eigenvalue weighted by Gasteiger charge is -2.16. The normalized spacial score (nSPS) is 16.6. The molecule has 0 aromatic heterocycles. The summed E-state index contributed by atoms with van der Waals surface area (Å²) in [5.41, 5.74) is 0.543. The van der Waals surface area contributed by atoms with Gasteiger partial charge in [-0.05, 0) is 51.4 Å². The number of nitrogens with one attached hydrogen (secondary N) is 2. The first kappa shape index (κ1) is 20.4. The molecule has 2 aliphatic rings. The molecule has 1 aromatic rings. The zero-order chi connectivity index (χ0) is 19.8. The Morgan fingerprint density at radius 2 is 1.93 bits per heavy atom. The minimum atomic E-state index is -2.91. The number of halogens is 2. The summed E-state index contributed by atoms with van der Waals surface area (Å²) < 4.78 is 40.6. The van der Waals surface area contributed by atoms with Crippen molar-refractivity contribution in [2.75, 3.05) is 40.0 Å². The van der Waals surface area contributed by atoms with Gasteiger partial charge in [-0.15, -0.1) is 0 Å². The van der Waals surface area contributed by atoms with Gasteiger partial charge in [-0.2, -0.15) is 8.78 Å². The van der Waals surface area contributed by atoms with Crippen molar-refractivity contribution in [1.29, 1.82) is 0 Å². The van der Waals surface area contributed by atoms with Crippen LogP contribution >= 0.6 is 0 Å². The SMILES string of the molecule is CN=C(NCCCCN1CCCC1)NCc1cc2c(cc1OC(F)F)OCO2. The maximum Gasteiger partial charge on any atom is 0.387 e. The number of hydrogen-bond donors (Lipinski definition) is 2. The van der Waals surface area contributed by atoms with Gasteiger partial charge in [-0.25, -0.2) is 0 Å². The molecule has 0 amide bonds. The molecule has 0 spiro atoms. The van der Waals surface area contributed by atoms with Crippen LogP contribution in [-0.2, 0) is 6.54 Å². The summed E-state index contributed by atoms with van der Waals surface area (Å²) in [7, 11) is 1.68. The zero-order valence-electron chi connectivity index (χ0n) is 16.2. The van der Waals surface area contributed by atoms with Crippen LogP contribution in [0.2, 0.25) is 0 Å². The Bertz CT molecular complexity index is 667. The highest BCUT2D eigenvalue weighted by atomic mass is 19.3. The van der Waals surface area contributed by atoms with Gasteiger partial charge < -0.3 is 29.7 Å². The van der Waals surface area contributed by atoms with Crippen LogP contribution in [0.15, 0.2) is 17.1 Å². The molecule has 156 valence electrons. The minimum absolute atomic E-state index is 0.0628. The average molecular weight is 398 g/mol. The summed E-state index contributed by atoms with van der Waals surface area (Å²) in [5.74, 6) is 1.60. The molecule has 7 nitrogen and oxygen atoms in total. The molecule has 3 rings (SSSR count). The minimum Gasteiger partial charge on any atom is -0.454 e. The van der Waals surface area contributed by atoms with E-state index in [0.717, 1.165) is 25.9 Å². The Balaban J connectivity index is 1.46. The number of likely N-dealkylation sites (tertiary alicyclic amines) is 1. The van der Waals surface area contributed by atoms with Gasteiger partial charge in [0.1, 0.15) is 5.75 Å². The summed E-state index contributed by atoms with van der Waals surface area (Å²) in [6.07, 6.45) is 4.80. The number of ether oxygens (including phenoxy) is 3. The van der Waals surface area contributed by atoms with Crippen molar-refractivity contribution >= 4 is 5.96 Å². The van der Waals surface area contributed by atoms with Gasteiger partial charge in [0.15, 0.2) is 17.5 Å². The second-order valence-corrected chi connectivity index (χ2v) is 6.80. The van der Waals surface area contributed by atoms with E-state index in [1.165, 1.54) is 32.0 Å². The fourth-order valence-electron chi connectivity index (χ4n) is 3.38. The molecule has 1 aromatic carbocycles.